The zero-order valence-electron chi connectivity index (χ0n) is 50.1. The van der Waals surface area contributed by atoms with Crippen LogP contribution in [0.4, 0.5) is 34.1 Å². The topological polar surface area (TPSA) is 6.48 Å². The van der Waals surface area contributed by atoms with Gasteiger partial charge in [0.1, 0.15) is 0 Å². The van der Waals surface area contributed by atoms with Crippen LogP contribution in [0, 0.1) is 62.3 Å². The molecule has 0 fully saturated rings. The van der Waals surface area contributed by atoms with Crippen molar-refractivity contribution in [3.63, 3.8) is 0 Å². The minimum atomic E-state index is -0.129. The highest BCUT2D eigenvalue weighted by molar-refractivity contribution is 7.00. The molecule has 2 aliphatic heterocycles. The highest BCUT2D eigenvalue weighted by Gasteiger charge is 2.46. The van der Waals surface area contributed by atoms with Gasteiger partial charge in [0.05, 0.1) is 11.4 Å². The molecule has 0 aliphatic carbocycles. The molecule has 3 heteroatoms. The minimum Gasteiger partial charge on any atom is -0.311 e. The van der Waals surface area contributed by atoms with Crippen LogP contribution in [0.5, 0.6) is 0 Å². The highest BCUT2D eigenvalue weighted by Crippen LogP contribution is 2.50. The summed E-state index contributed by atoms with van der Waals surface area (Å²) in [7, 11) is 0. The predicted octanol–water partition coefficient (Wildman–Crippen LogP) is 19.1. The number of aryl methyl sites for hydroxylation is 8. The maximum Gasteiger partial charge on any atom is 0.252 e. The zero-order valence-corrected chi connectivity index (χ0v) is 50.1. The smallest absolute Gasteiger partial charge is 0.252 e. The number of fused-ring (bicyclic) bond motifs is 4. The SMILES string of the molecule is Cc1ccc(C(C)(C)C)cc1-c1cc2c(cc1C)N(c1c(C)cccc1C)c1cc(C(C)(C)C)cc3c1B2c1ccc(C(C)(C)C)cc1N3c1c(C)cc(-c2cccc(-c3ccccc3C)c2C)cc1C.Cc1ccccc1. The number of nitrogens with zero attached hydrogens (tertiary/aromatic N) is 2. The largest absolute Gasteiger partial charge is 0.311 e. The molecule has 2 aliphatic rings. The average Bonchev–Trinajstić information content (AvgIpc) is 2.65. The van der Waals surface area contributed by atoms with E-state index >= 15 is 0 Å². The van der Waals surface area contributed by atoms with E-state index in [0.717, 1.165) is 0 Å². The third-order valence-corrected chi connectivity index (χ3v) is 16.9. The second-order valence-electron chi connectivity index (χ2n) is 26.0. The Morgan fingerprint density at radius 1 is 0.308 bits per heavy atom. The Morgan fingerprint density at radius 2 is 0.769 bits per heavy atom. The Balaban J connectivity index is 0.000000912. The molecule has 0 radical (unpaired) electrons. The van der Waals surface area contributed by atoms with Gasteiger partial charge in [0, 0.05) is 22.7 Å². The van der Waals surface area contributed by atoms with Crippen molar-refractivity contribution < 1.29 is 0 Å². The molecule has 0 aromatic heterocycles. The van der Waals surface area contributed by atoms with Gasteiger partial charge < -0.3 is 9.80 Å². The molecule has 9 aromatic carbocycles. The molecule has 9 aromatic rings. The molecule has 0 spiro atoms. The van der Waals surface area contributed by atoms with Crippen molar-refractivity contribution in [1.29, 1.82) is 0 Å². The molecule has 394 valence electrons. The summed E-state index contributed by atoms with van der Waals surface area (Å²) in [6.07, 6.45) is 0. The molecule has 0 bridgehead atoms. The number of rotatable bonds is 5. The van der Waals surface area contributed by atoms with Gasteiger partial charge in [0.2, 0.25) is 0 Å². The van der Waals surface area contributed by atoms with Crippen molar-refractivity contribution in [3.05, 3.63) is 231 Å². The van der Waals surface area contributed by atoms with Crippen LogP contribution in [-0.4, -0.2) is 6.71 Å². The lowest BCUT2D eigenvalue weighted by Crippen LogP contribution is -2.61. The summed E-state index contributed by atoms with van der Waals surface area (Å²) in [6, 6.07) is 62.3. The fraction of sp³-hybridized carbons (Fsp3) is 0.280. The normalized spacial score (nSPS) is 12.9. The van der Waals surface area contributed by atoms with Crippen molar-refractivity contribution in [2.45, 2.75) is 141 Å². The molecule has 0 unspecified atom stereocenters. The van der Waals surface area contributed by atoms with E-state index in [1.807, 2.05) is 18.2 Å². The van der Waals surface area contributed by atoms with Gasteiger partial charge in [-0.3, -0.25) is 0 Å². The van der Waals surface area contributed by atoms with E-state index in [0.29, 0.717) is 0 Å². The van der Waals surface area contributed by atoms with E-state index < -0.39 is 0 Å². The Bertz CT molecular complexity index is 3750. The quantitative estimate of drug-likeness (QED) is 0.159. The van der Waals surface area contributed by atoms with Crippen LogP contribution in [-0.2, 0) is 16.2 Å². The number of hydrogen-bond donors (Lipinski definition) is 0. The lowest BCUT2D eigenvalue weighted by molar-refractivity contribution is 0.590. The molecule has 0 amide bonds. The third-order valence-electron chi connectivity index (χ3n) is 16.9. The first-order valence-electron chi connectivity index (χ1n) is 28.4. The van der Waals surface area contributed by atoms with Gasteiger partial charge >= 0.3 is 0 Å². The summed E-state index contributed by atoms with van der Waals surface area (Å²) in [5.41, 5.74) is 34.8. The van der Waals surface area contributed by atoms with E-state index in [-0.39, 0.29) is 23.0 Å². The molecule has 0 saturated heterocycles. The van der Waals surface area contributed by atoms with Crippen molar-refractivity contribution in [2.24, 2.45) is 0 Å². The zero-order chi connectivity index (χ0) is 55.9. The Hall–Kier alpha value is -7.36. The summed E-state index contributed by atoms with van der Waals surface area (Å²) >= 11 is 0. The number of para-hydroxylation sites is 1. The van der Waals surface area contributed by atoms with E-state index in [1.165, 1.54) is 151 Å². The standard InChI is InChI=1S/C68H73BN2.C7H8/c1-40-22-18-19-25-52(40)54-27-21-26-53(47(54)8)48-32-45(6)65(46(7)33-48)71-60-36-50(67(12,13)14)30-31-57(60)69-58-39-56(55-35-49(66(9,10)11)29-28-41(55)2)44(5)34-59(58)70(64-42(3)23-20-24-43(64)4)61-37-51(68(15,16)17)38-62(71)63(61)69;1-7-5-3-2-4-6-7/h18-39H,1-17H3;2-6H,1H3. The molecule has 78 heavy (non-hydrogen) atoms. The summed E-state index contributed by atoms with van der Waals surface area (Å²) in [6.45, 7) is 41.6. The van der Waals surface area contributed by atoms with E-state index in [1.54, 1.807) is 0 Å². The Labute approximate surface area is 469 Å². The van der Waals surface area contributed by atoms with Crippen LogP contribution in [0.2, 0.25) is 0 Å². The molecular weight excluding hydrogens is 940 g/mol. The lowest BCUT2D eigenvalue weighted by atomic mass is 9.33. The van der Waals surface area contributed by atoms with Crippen LogP contribution in [0.3, 0.4) is 0 Å². The highest BCUT2D eigenvalue weighted by atomic mass is 15.2. The summed E-state index contributed by atoms with van der Waals surface area (Å²) < 4.78 is 0. The first kappa shape index (κ1) is 54.0. The van der Waals surface area contributed by atoms with Crippen LogP contribution >= 0.6 is 0 Å². The van der Waals surface area contributed by atoms with Gasteiger partial charge in [-0.2, -0.15) is 0 Å². The number of benzene rings is 9. The summed E-state index contributed by atoms with van der Waals surface area (Å²) in [5.74, 6) is 0. The molecule has 2 heterocycles. The van der Waals surface area contributed by atoms with E-state index in [9.17, 15) is 0 Å². The van der Waals surface area contributed by atoms with Gasteiger partial charge in [-0.1, -0.05) is 195 Å². The summed E-state index contributed by atoms with van der Waals surface area (Å²) in [5, 5.41) is 0. The van der Waals surface area contributed by atoms with Gasteiger partial charge in [-0.15, -0.1) is 0 Å². The van der Waals surface area contributed by atoms with Crippen LogP contribution in [0.15, 0.2) is 164 Å². The van der Waals surface area contributed by atoms with Crippen molar-refractivity contribution >= 4 is 57.2 Å². The molecule has 0 atom stereocenters. The van der Waals surface area contributed by atoms with Gasteiger partial charge in [-0.05, 0) is 226 Å². The van der Waals surface area contributed by atoms with Crippen molar-refractivity contribution in [3.8, 4) is 33.4 Å². The Kier molecular flexibility index (Phi) is 13.9. The lowest BCUT2D eigenvalue weighted by Gasteiger charge is -2.46. The molecule has 0 N–H and O–H groups in total. The monoisotopic (exact) mass is 1020 g/mol. The summed E-state index contributed by atoms with van der Waals surface area (Å²) in [4.78, 5) is 5.33. The fourth-order valence-corrected chi connectivity index (χ4v) is 12.5. The Morgan fingerprint density at radius 3 is 1.35 bits per heavy atom. The fourth-order valence-electron chi connectivity index (χ4n) is 12.5. The van der Waals surface area contributed by atoms with Gasteiger partial charge in [-0.25, -0.2) is 0 Å². The predicted molar refractivity (Wildman–Crippen MR) is 342 cm³/mol. The van der Waals surface area contributed by atoms with Crippen LogP contribution in [0.1, 0.15) is 129 Å². The van der Waals surface area contributed by atoms with Crippen LogP contribution < -0.4 is 26.2 Å². The van der Waals surface area contributed by atoms with E-state index in [2.05, 4.69) is 280 Å². The molecule has 0 saturated carbocycles. The number of anilines is 6. The van der Waals surface area contributed by atoms with Crippen molar-refractivity contribution in [1.82, 2.24) is 0 Å². The maximum absolute atomic E-state index is 2.68. The van der Waals surface area contributed by atoms with Crippen LogP contribution in [0.25, 0.3) is 33.4 Å². The minimum absolute atomic E-state index is 0.0120. The molecule has 2 nitrogen and oxygen atoms in total. The van der Waals surface area contributed by atoms with Crippen molar-refractivity contribution in [2.75, 3.05) is 9.80 Å². The maximum atomic E-state index is 2.68. The first-order valence-corrected chi connectivity index (χ1v) is 28.4. The third kappa shape index (κ3) is 9.73. The molecular formula is C75H81BN2. The van der Waals surface area contributed by atoms with Gasteiger partial charge in [0.15, 0.2) is 0 Å². The average molecular weight is 1020 g/mol. The molecule has 11 rings (SSSR count). The van der Waals surface area contributed by atoms with Gasteiger partial charge in [0.25, 0.3) is 6.71 Å². The van der Waals surface area contributed by atoms with E-state index in [4.69, 9.17) is 0 Å². The second kappa shape index (κ2) is 20.1. The second-order valence-corrected chi connectivity index (χ2v) is 26.0. The number of hydrogen-bond acceptors (Lipinski definition) is 2. The first-order chi connectivity index (χ1) is 36.8.